The summed E-state index contributed by atoms with van der Waals surface area (Å²) >= 11 is 0. The Morgan fingerprint density at radius 1 is 1.10 bits per heavy atom. The van der Waals surface area contributed by atoms with Crippen molar-refractivity contribution in [3.8, 4) is 0 Å². The van der Waals surface area contributed by atoms with Crippen molar-refractivity contribution in [2.45, 2.75) is 70.6 Å². The van der Waals surface area contributed by atoms with Gasteiger partial charge >= 0.3 is 0 Å². The fourth-order valence-corrected chi connectivity index (χ4v) is 4.10. The van der Waals surface area contributed by atoms with Crippen molar-refractivity contribution in [1.29, 1.82) is 0 Å². The van der Waals surface area contributed by atoms with Crippen LogP contribution in [0.5, 0.6) is 0 Å². The molecule has 2 aliphatic carbocycles. The van der Waals surface area contributed by atoms with E-state index in [2.05, 4.69) is 45.0 Å². The molecule has 0 heterocycles. The Labute approximate surface area is 129 Å². The number of hydrogen-bond donors (Lipinski definition) is 0. The van der Waals surface area contributed by atoms with Gasteiger partial charge in [0.1, 0.15) is 5.78 Å². The minimum Gasteiger partial charge on any atom is -0.299 e. The van der Waals surface area contributed by atoms with Gasteiger partial charge in [-0.1, -0.05) is 51.5 Å². The predicted octanol–water partition coefficient (Wildman–Crippen LogP) is 5.24. The SMILES string of the molecule is CC1CCC(C(C)(C)c2cccc(C3CCC3)c2)C(=O)C1. The van der Waals surface area contributed by atoms with Crippen molar-refractivity contribution in [3.05, 3.63) is 35.4 Å². The van der Waals surface area contributed by atoms with Crippen molar-refractivity contribution in [3.63, 3.8) is 0 Å². The third-order valence-corrected chi connectivity index (χ3v) is 5.96. The van der Waals surface area contributed by atoms with E-state index in [4.69, 9.17) is 0 Å². The highest BCUT2D eigenvalue weighted by molar-refractivity contribution is 5.83. The number of hydrogen-bond acceptors (Lipinski definition) is 1. The van der Waals surface area contributed by atoms with Gasteiger partial charge in [0, 0.05) is 12.3 Å². The van der Waals surface area contributed by atoms with E-state index in [0.29, 0.717) is 11.7 Å². The average molecular weight is 284 g/mol. The second-order valence-corrected chi connectivity index (χ2v) is 7.88. The zero-order valence-corrected chi connectivity index (χ0v) is 13.7. The van der Waals surface area contributed by atoms with Gasteiger partial charge in [0.15, 0.2) is 0 Å². The largest absolute Gasteiger partial charge is 0.299 e. The maximum atomic E-state index is 12.5. The Morgan fingerprint density at radius 3 is 2.48 bits per heavy atom. The molecule has 0 spiro atoms. The number of Topliss-reactive ketones (excluding diaryl/α,β-unsaturated/α-hetero) is 1. The van der Waals surface area contributed by atoms with Crippen LogP contribution in [0.2, 0.25) is 0 Å². The van der Waals surface area contributed by atoms with Gasteiger partial charge in [0.2, 0.25) is 0 Å². The van der Waals surface area contributed by atoms with Gasteiger partial charge in [-0.25, -0.2) is 0 Å². The maximum Gasteiger partial charge on any atom is 0.137 e. The molecule has 2 atom stereocenters. The second-order valence-electron chi connectivity index (χ2n) is 7.88. The molecule has 1 nitrogen and oxygen atoms in total. The van der Waals surface area contributed by atoms with Crippen LogP contribution in [-0.2, 0) is 10.2 Å². The Hall–Kier alpha value is -1.11. The summed E-state index contributed by atoms with van der Waals surface area (Å²) in [6, 6.07) is 9.08. The summed E-state index contributed by atoms with van der Waals surface area (Å²) in [6.07, 6.45) is 7.07. The topological polar surface area (TPSA) is 17.1 Å². The lowest BCUT2D eigenvalue weighted by molar-refractivity contribution is -0.128. The van der Waals surface area contributed by atoms with Crippen LogP contribution in [0, 0.1) is 11.8 Å². The summed E-state index contributed by atoms with van der Waals surface area (Å²) in [6.45, 7) is 6.75. The van der Waals surface area contributed by atoms with E-state index in [1.807, 2.05) is 0 Å². The van der Waals surface area contributed by atoms with Crippen molar-refractivity contribution in [1.82, 2.24) is 0 Å². The Morgan fingerprint density at radius 2 is 1.86 bits per heavy atom. The molecule has 2 fully saturated rings. The lowest BCUT2D eigenvalue weighted by Crippen LogP contribution is -2.38. The molecule has 0 saturated heterocycles. The zero-order valence-electron chi connectivity index (χ0n) is 13.7. The summed E-state index contributed by atoms with van der Waals surface area (Å²) in [5.74, 6) is 2.02. The molecule has 2 unspecified atom stereocenters. The fourth-order valence-electron chi connectivity index (χ4n) is 4.10. The fraction of sp³-hybridized carbons (Fsp3) is 0.650. The number of ketones is 1. The molecular formula is C20H28O. The van der Waals surface area contributed by atoms with Crippen LogP contribution in [0.1, 0.15) is 76.3 Å². The molecule has 2 saturated carbocycles. The predicted molar refractivity (Wildman–Crippen MR) is 87.6 cm³/mol. The van der Waals surface area contributed by atoms with Crippen molar-refractivity contribution < 1.29 is 4.79 Å². The van der Waals surface area contributed by atoms with Crippen molar-refractivity contribution >= 4 is 5.78 Å². The highest BCUT2D eigenvalue weighted by atomic mass is 16.1. The Bertz CT molecular complexity index is 524. The quantitative estimate of drug-likeness (QED) is 0.742. The van der Waals surface area contributed by atoms with Crippen molar-refractivity contribution in [2.75, 3.05) is 0 Å². The zero-order chi connectivity index (χ0) is 15.0. The number of rotatable bonds is 3. The molecule has 1 aromatic rings. The van der Waals surface area contributed by atoms with E-state index < -0.39 is 0 Å². The smallest absolute Gasteiger partial charge is 0.137 e. The minimum absolute atomic E-state index is 0.0308. The molecule has 114 valence electrons. The highest BCUT2D eigenvalue weighted by Crippen LogP contribution is 2.42. The third kappa shape index (κ3) is 2.80. The van der Waals surface area contributed by atoms with Crippen LogP contribution in [-0.4, -0.2) is 5.78 Å². The number of carbonyl (C=O) groups excluding carboxylic acids is 1. The average Bonchev–Trinajstić information content (AvgIpc) is 2.36. The molecule has 2 aliphatic rings. The van der Waals surface area contributed by atoms with Gasteiger partial charge in [0.05, 0.1) is 0 Å². The van der Waals surface area contributed by atoms with Gasteiger partial charge in [-0.3, -0.25) is 4.79 Å². The van der Waals surface area contributed by atoms with E-state index >= 15 is 0 Å². The summed E-state index contributed by atoms with van der Waals surface area (Å²) in [5.41, 5.74) is 2.82. The molecule has 1 heteroatoms. The van der Waals surface area contributed by atoms with E-state index in [9.17, 15) is 4.79 Å². The Balaban J connectivity index is 1.85. The lowest BCUT2D eigenvalue weighted by atomic mass is 9.65. The summed E-state index contributed by atoms with van der Waals surface area (Å²) in [7, 11) is 0. The normalized spacial score (nSPS) is 27.5. The van der Waals surface area contributed by atoms with Crippen LogP contribution in [0.25, 0.3) is 0 Å². The number of carbonyl (C=O) groups is 1. The molecular weight excluding hydrogens is 256 g/mol. The molecule has 0 N–H and O–H groups in total. The van der Waals surface area contributed by atoms with Crippen LogP contribution >= 0.6 is 0 Å². The standard InChI is InChI=1S/C20H28O/c1-14-10-11-18(19(21)12-14)20(2,3)17-9-5-8-16(13-17)15-6-4-7-15/h5,8-9,13-15,18H,4,6-7,10-12H2,1-3H3. The molecule has 0 aliphatic heterocycles. The first-order valence-electron chi connectivity index (χ1n) is 8.61. The summed E-state index contributed by atoms with van der Waals surface area (Å²) in [4.78, 5) is 12.5. The molecule has 0 bridgehead atoms. The molecule has 0 amide bonds. The van der Waals surface area contributed by atoms with Crippen LogP contribution in [0.4, 0.5) is 0 Å². The Kier molecular flexibility index (Phi) is 3.94. The van der Waals surface area contributed by atoms with Gasteiger partial charge < -0.3 is 0 Å². The highest BCUT2D eigenvalue weighted by Gasteiger charge is 2.39. The first-order chi connectivity index (χ1) is 9.98. The molecule has 3 rings (SSSR count). The minimum atomic E-state index is -0.0308. The molecule has 1 aromatic carbocycles. The maximum absolute atomic E-state index is 12.5. The van der Waals surface area contributed by atoms with Gasteiger partial charge in [-0.05, 0) is 54.1 Å². The van der Waals surface area contributed by atoms with Crippen LogP contribution < -0.4 is 0 Å². The van der Waals surface area contributed by atoms with Gasteiger partial charge in [-0.15, -0.1) is 0 Å². The molecule has 0 radical (unpaired) electrons. The molecule has 0 aromatic heterocycles. The van der Waals surface area contributed by atoms with Crippen molar-refractivity contribution in [2.24, 2.45) is 11.8 Å². The summed E-state index contributed by atoms with van der Waals surface area (Å²) < 4.78 is 0. The second kappa shape index (κ2) is 5.59. The lowest BCUT2D eigenvalue weighted by Gasteiger charge is -2.38. The third-order valence-electron chi connectivity index (χ3n) is 5.96. The first kappa shape index (κ1) is 14.8. The van der Waals surface area contributed by atoms with E-state index in [-0.39, 0.29) is 11.3 Å². The number of benzene rings is 1. The summed E-state index contributed by atoms with van der Waals surface area (Å²) in [5, 5.41) is 0. The van der Waals surface area contributed by atoms with E-state index in [1.54, 1.807) is 0 Å². The van der Waals surface area contributed by atoms with Crippen LogP contribution in [0.3, 0.4) is 0 Å². The van der Waals surface area contributed by atoms with Gasteiger partial charge in [-0.2, -0.15) is 0 Å². The molecule has 21 heavy (non-hydrogen) atoms. The first-order valence-corrected chi connectivity index (χ1v) is 8.61. The van der Waals surface area contributed by atoms with E-state index in [1.165, 1.54) is 36.8 Å². The van der Waals surface area contributed by atoms with E-state index in [0.717, 1.165) is 18.8 Å². The van der Waals surface area contributed by atoms with Crippen LogP contribution in [0.15, 0.2) is 24.3 Å². The monoisotopic (exact) mass is 284 g/mol. The van der Waals surface area contributed by atoms with Gasteiger partial charge in [0.25, 0.3) is 0 Å².